The van der Waals surface area contributed by atoms with Crippen LogP contribution in [0.1, 0.15) is 127 Å². The highest BCUT2D eigenvalue weighted by atomic mass is 14.3. The number of nitrogens with zero attached hydrogens (tertiary/aromatic N) is 1. The maximum Gasteiger partial charge on any atom is 0.0908 e. The Morgan fingerprint density at radius 2 is 1.34 bits per heavy atom. The maximum atomic E-state index is 8.58. The summed E-state index contributed by atoms with van der Waals surface area (Å²) < 4.78 is 0. The van der Waals surface area contributed by atoms with Crippen molar-refractivity contribution in [2.45, 2.75) is 122 Å². The van der Waals surface area contributed by atoms with Gasteiger partial charge in [0.15, 0.2) is 0 Å². The van der Waals surface area contributed by atoms with Gasteiger partial charge in [0, 0.05) is 6.08 Å². The summed E-state index contributed by atoms with van der Waals surface area (Å²) in [5.41, 5.74) is 3.12. The molecule has 1 aromatic carbocycles. The van der Waals surface area contributed by atoms with Crippen molar-refractivity contribution in [3.63, 3.8) is 0 Å². The highest BCUT2D eigenvalue weighted by Gasteiger charge is 2.23. The van der Waals surface area contributed by atoms with Crippen LogP contribution in [0.25, 0.3) is 0 Å². The SMILES string of the molecule is CCCCc1ccc([C@H]2CC[C@H](CCCC[C@H]3CC[C@H](CC/C=C/C#N)CC3)CC2)cc1. The van der Waals surface area contributed by atoms with Gasteiger partial charge in [-0.1, -0.05) is 95.1 Å². The minimum absolute atomic E-state index is 0.817. The van der Waals surface area contributed by atoms with Gasteiger partial charge in [-0.15, -0.1) is 0 Å². The summed E-state index contributed by atoms with van der Waals surface area (Å²) in [6.45, 7) is 2.28. The Hall–Kier alpha value is -1.55. The van der Waals surface area contributed by atoms with Gasteiger partial charge in [0.1, 0.15) is 0 Å². The van der Waals surface area contributed by atoms with Gasteiger partial charge in [-0.2, -0.15) is 5.26 Å². The van der Waals surface area contributed by atoms with Crippen molar-refractivity contribution in [1.29, 1.82) is 5.26 Å². The summed E-state index contributed by atoms with van der Waals surface area (Å²) in [5.74, 6) is 3.72. The predicted octanol–water partition coefficient (Wildman–Crippen LogP) is 9.53. The Labute approximate surface area is 198 Å². The van der Waals surface area contributed by atoms with Crippen LogP contribution in [-0.4, -0.2) is 0 Å². The summed E-state index contributed by atoms with van der Waals surface area (Å²) >= 11 is 0. The summed E-state index contributed by atoms with van der Waals surface area (Å²) in [4.78, 5) is 0. The fourth-order valence-electron chi connectivity index (χ4n) is 6.26. The molecule has 2 aliphatic carbocycles. The molecule has 0 spiro atoms. The third kappa shape index (κ3) is 8.77. The normalized spacial score (nSPS) is 26.2. The van der Waals surface area contributed by atoms with Crippen LogP contribution in [0.4, 0.5) is 0 Å². The summed E-state index contributed by atoms with van der Waals surface area (Å²) in [5, 5.41) is 8.58. The van der Waals surface area contributed by atoms with E-state index in [2.05, 4.69) is 37.3 Å². The zero-order valence-electron chi connectivity index (χ0n) is 20.7. The van der Waals surface area contributed by atoms with Gasteiger partial charge in [0.2, 0.25) is 0 Å². The zero-order valence-corrected chi connectivity index (χ0v) is 20.7. The standard InChI is InChI=1S/C31H47N/c1-2-3-9-26-17-21-30(22-18-26)31-23-19-29(20-24-31)12-7-6-11-28-15-13-27(14-16-28)10-5-4-8-25-32/h4,8,17-18,21-22,27-29,31H,2-3,5-7,9-16,19-20,23-24H2,1H3/b8-4+/t27-,28-,29-,31-. The first-order chi connectivity index (χ1) is 15.8. The molecule has 0 bridgehead atoms. The smallest absolute Gasteiger partial charge is 0.0908 e. The van der Waals surface area contributed by atoms with Crippen molar-refractivity contribution in [2.75, 3.05) is 0 Å². The van der Waals surface area contributed by atoms with E-state index >= 15 is 0 Å². The molecular formula is C31H47N. The average Bonchev–Trinajstić information content (AvgIpc) is 2.85. The number of benzene rings is 1. The highest BCUT2D eigenvalue weighted by molar-refractivity contribution is 5.26. The van der Waals surface area contributed by atoms with Crippen LogP contribution in [0.2, 0.25) is 0 Å². The monoisotopic (exact) mass is 433 g/mol. The number of nitriles is 1. The van der Waals surface area contributed by atoms with Crippen molar-refractivity contribution in [3.8, 4) is 6.07 Å². The molecule has 2 fully saturated rings. The number of hydrogen-bond donors (Lipinski definition) is 0. The molecule has 0 N–H and O–H groups in total. The van der Waals surface area contributed by atoms with Gasteiger partial charge in [-0.25, -0.2) is 0 Å². The molecule has 1 heteroatoms. The average molecular weight is 434 g/mol. The first-order valence-corrected chi connectivity index (χ1v) is 13.9. The molecule has 0 aromatic heterocycles. The largest absolute Gasteiger partial charge is 0.193 e. The van der Waals surface area contributed by atoms with Crippen LogP contribution in [0.15, 0.2) is 36.4 Å². The van der Waals surface area contributed by atoms with Crippen molar-refractivity contribution >= 4 is 0 Å². The van der Waals surface area contributed by atoms with Crippen molar-refractivity contribution in [2.24, 2.45) is 17.8 Å². The van der Waals surface area contributed by atoms with Gasteiger partial charge in [-0.3, -0.25) is 0 Å². The third-order valence-electron chi connectivity index (χ3n) is 8.49. The second-order valence-corrected chi connectivity index (χ2v) is 10.8. The quantitative estimate of drug-likeness (QED) is 0.238. The number of aryl methyl sites for hydroxylation is 1. The fraction of sp³-hybridized carbons (Fsp3) is 0.710. The maximum absolute atomic E-state index is 8.58. The molecule has 0 saturated heterocycles. The highest BCUT2D eigenvalue weighted by Crippen LogP contribution is 2.39. The third-order valence-corrected chi connectivity index (χ3v) is 8.49. The van der Waals surface area contributed by atoms with Gasteiger partial charge in [0.05, 0.1) is 6.07 Å². The molecule has 0 radical (unpaired) electrons. The Bertz CT molecular complexity index is 678. The second kappa shape index (κ2) is 14.6. The van der Waals surface area contributed by atoms with Crippen LogP contribution in [-0.2, 0) is 6.42 Å². The van der Waals surface area contributed by atoms with E-state index in [1.807, 2.05) is 6.08 Å². The predicted molar refractivity (Wildman–Crippen MR) is 138 cm³/mol. The number of unbranched alkanes of at least 4 members (excludes halogenated alkanes) is 2. The van der Waals surface area contributed by atoms with E-state index in [1.165, 1.54) is 108 Å². The van der Waals surface area contributed by atoms with E-state index < -0.39 is 0 Å². The molecule has 0 aliphatic heterocycles. The minimum Gasteiger partial charge on any atom is -0.193 e. The van der Waals surface area contributed by atoms with Crippen molar-refractivity contribution in [1.82, 2.24) is 0 Å². The van der Waals surface area contributed by atoms with Crippen LogP contribution in [0.5, 0.6) is 0 Å². The Morgan fingerprint density at radius 3 is 1.91 bits per heavy atom. The molecular weight excluding hydrogens is 386 g/mol. The van der Waals surface area contributed by atoms with E-state index in [9.17, 15) is 0 Å². The van der Waals surface area contributed by atoms with Crippen LogP contribution < -0.4 is 0 Å². The van der Waals surface area contributed by atoms with E-state index in [0.717, 1.165) is 30.1 Å². The summed E-state index contributed by atoms with van der Waals surface area (Å²) in [7, 11) is 0. The van der Waals surface area contributed by atoms with E-state index in [0.29, 0.717) is 0 Å². The van der Waals surface area contributed by atoms with Crippen molar-refractivity contribution < 1.29 is 0 Å². The van der Waals surface area contributed by atoms with Gasteiger partial charge >= 0.3 is 0 Å². The molecule has 0 atom stereocenters. The lowest BCUT2D eigenvalue weighted by Crippen LogP contribution is -2.15. The Kier molecular flexibility index (Phi) is 11.4. The lowest BCUT2D eigenvalue weighted by Gasteiger charge is -2.30. The second-order valence-electron chi connectivity index (χ2n) is 10.8. The molecule has 0 amide bonds. The molecule has 2 aliphatic rings. The number of allylic oxidation sites excluding steroid dienone is 2. The van der Waals surface area contributed by atoms with Crippen LogP contribution >= 0.6 is 0 Å². The molecule has 0 unspecified atom stereocenters. The fourth-order valence-corrected chi connectivity index (χ4v) is 6.26. The van der Waals surface area contributed by atoms with E-state index in [1.54, 1.807) is 11.6 Å². The van der Waals surface area contributed by atoms with E-state index in [-0.39, 0.29) is 0 Å². The van der Waals surface area contributed by atoms with Gasteiger partial charge in [0.25, 0.3) is 0 Å². The molecule has 32 heavy (non-hydrogen) atoms. The van der Waals surface area contributed by atoms with Gasteiger partial charge in [-0.05, 0) is 86.2 Å². The van der Waals surface area contributed by atoms with Gasteiger partial charge < -0.3 is 0 Å². The first kappa shape index (κ1) is 25.1. The molecule has 0 heterocycles. The Morgan fingerprint density at radius 1 is 0.781 bits per heavy atom. The molecule has 3 rings (SSSR count). The number of rotatable bonds is 12. The topological polar surface area (TPSA) is 23.8 Å². The lowest BCUT2D eigenvalue weighted by molar-refractivity contribution is 0.244. The summed E-state index contributed by atoms with van der Waals surface area (Å²) in [6.07, 6.45) is 27.3. The van der Waals surface area contributed by atoms with Crippen molar-refractivity contribution in [3.05, 3.63) is 47.5 Å². The molecule has 1 nitrogen and oxygen atoms in total. The van der Waals surface area contributed by atoms with Crippen LogP contribution in [0, 0.1) is 29.1 Å². The van der Waals surface area contributed by atoms with E-state index in [4.69, 9.17) is 5.26 Å². The zero-order chi connectivity index (χ0) is 22.4. The molecule has 176 valence electrons. The lowest BCUT2D eigenvalue weighted by atomic mass is 9.76. The number of hydrogen-bond acceptors (Lipinski definition) is 1. The first-order valence-electron chi connectivity index (χ1n) is 13.9. The molecule has 1 aromatic rings. The van der Waals surface area contributed by atoms with Crippen LogP contribution in [0.3, 0.4) is 0 Å². The minimum atomic E-state index is 0.817. The Balaban J connectivity index is 1.23. The summed E-state index contributed by atoms with van der Waals surface area (Å²) in [6, 6.07) is 11.7. The molecule has 2 saturated carbocycles.